The van der Waals surface area contributed by atoms with Gasteiger partial charge in [0, 0.05) is 0 Å². The average Bonchev–Trinajstić information content (AvgIpc) is 1.65. The van der Waals surface area contributed by atoms with Gasteiger partial charge in [0.25, 0.3) is 5.91 Å². The Morgan fingerprint density at radius 1 is 2.00 bits per heavy atom. The molecule has 0 spiro atoms. The van der Waals surface area contributed by atoms with Crippen molar-refractivity contribution in [1.29, 1.82) is 0 Å². The van der Waals surface area contributed by atoms with Crippen LogP contribution in [0.2, 0.25) is 0 Å². The Hall–Kier alpha value is -0.700. The molecule has 0 aromatic rings. The Labute approximate surface area is 35.9 Å². The second kappa shape index (κ2) is 2.53. The first-order chi connectivity index (χ1) is 2.81. The Morgan fingerprint density at radius 2 is 2.50 bits per heavy atom. The van der Waals surface area contributed by atoms with Gasteiger partial charge in [0.1, 0.15) is 0 Å². The summed E-state index contributed by atoms with van der Waals surface area (Å²) < 4.78 is 0. The van der Waals surface area contributed by atoms with Gasteiger partial charge in [0.2, 0.25) is 0 Å². The zero-order chi connectivity index (χ0) is 4.99. The molecule has 0 saturated carbocycles. The molecule has 2 N–H and O–H groups in total. The maximum atomic E-state index is 9.83. The molecule has 3 nitrogen and oxygen atoms in total. The topological polar surface area (TPSA) is 55.5 Å². The highest BCUT2D eigenvalue weighted by atomic mass is 16.1. The highest BCUT2D eigenvalue weighted by molar-refractivity contribution is 5.82. The maximum absolute atomic E-state index is 9.83. The number of hydrogen-bond acceptors (Lipinski definition) is 2. The van der Waals surface area contributed by atoms with Gasteiger partial charge in [-0.15, -0.1) is 0 Å². The van der Waals surface area contributed by atoms with Crippen molar-refractivity contribution in [3.63, 3.8) is 0 Å². The lowest BCUT2D eigenvalue weighted by Crippen LogP contribution is -2.09. The van der Waals surface area contributed by atoms with Crippen molar-refractivity contribution in [1.82, 2.24) is 0 Å². The van der Waals surface area contributed by atoms with Gasteiger partial charge in [0.05, 0.1) is 6.54 Å². The highest BCUT2D eigenvalue weighted by Crippen LogP contribution is 1.59. The smallest absolute Gasteiger partial charge is 0.258 e. The molecule has 0 bridgehead atoms. The molecular formula is C3H6N2O. The fourth-order valence-corrected chi connectivity index (χ4v) is 0.0645. The Balaban J connectivity index is 3.23. The molecule has 0 aliphatic heterocycles. The van der Waals surface area contributed by atoms with Crippen LogP contribution in [0.4, 0.5) is 0 Å². The van der Waals surface area contributed by atoms with Gasteiger partial charge in [-0.1, -0.05) is 0 Å². The maximum Gasteiger partial charge on any atom is 0.258 e. The number of carbonyl (C=O) groups excluding carboxylic acids is 1. The molecule has 0 aliphatic carbocycles. The third-order valence-electron chi connectivity index (χ3n) is 0.351. The summed E-state index contributed by atoms with van der Waals surface area (Å²) >= 11 is 0. The predicted molar refractivity (Wildman–Crippen MR) is 23.6 cm³/mol. The molecule has 6 heavy (non-hydrogen) atoms. The van der Waals surface area contributed by atoms with Crippen molar-refractivity contribution < 1.29 is 4.79 Å². The van der Waals surface area contributed by atoms with Gasteiger partial charge in [-0.2, -0.15) is 0 Å². The predicted octanol–water partition coefficient (Wildman–Crippen LogP) is -0.828. The van der Waals surface area contributed by atoms with Crippen molar-refractivity contribution in [3.8, 4) is 0 Å². The Bertz CT molecular complexity index is 69.2. The third-order valence-corrected chi connectivity index (χ3v) is 0.351. The van der Waals surface area contributed by atoms with E-state index in [1.165, 1.54) is 0 Å². The van der Waals surface area contributed by atoms with E-state index in [9.17, 15) is 4.79 Å². The van der Waals surface area contributed by atoms with Gasteiger partial charge in [-0.05, 0) is 6.72 Å². The van der Waals surface area contributed by atoms with Crippen molar-refractivity contribution in [2.45, 2.75) is 0 Å². The first-order valence-corrected chi connectivity index (χ1v) is 1.51. The van der Waals surface area contributed by atoms with Crippen molar-refractivity contribution in [3.05, 3.63) is 0 Å². The van der Waals surface area contributed by atoms with Crippen LogP contribution in [0.5, 0.6) is 0 Å². The number of carbonyl (C=O) groups is 1. The highest BCUT2D eigenvalue weighted by Gasteiger charge is 1.83. The number of aliphatic imine (C=N–C) groups is 1. The van der Waals surface area contributed by atoms with E-state index in [1.54, 1.807) is 0 Å². The summed E-state index contributed by atoms with van der Waals surface area (Å²) in [5, 5.41) is 0. The number of hydrogen-bond donors (Lipinski definition) is 1. The van der Waals surface area contributed by atoms with Crippen molar-refractivity contribution in [2.75, 3.05) is 6.54 Å². The summed E-state index contributed by atoms with van der Waals surface area (Å²) in [6.07, 6.45) is 0. The van der Waals surface area contributed by atoms with Crippen LogP contribution in [0.1, 0.15) is 0 Å². The fraction of sp³-hybridized carbons (Fsp3) is 0.333. The van der Waals surface area contributed by atoms with Crippen LogP contribution < -0.4 is 5.73 Å². The summed E-state index contributed by atoms with van der Waals surface area (Å²) in [5.41, 5.74) is 4.80. The lowest BCUT2D eigenvalue weighted by Gasteiger charge is -1.76. The molecular weight excluding hydrogens is 80.0 g/mol. The van der Waals surface area contributed by atoms with E-state index in [2.05, 4.69) is 11.7 Å². The second-order valence-electron chi connectivity index (χ2n) is 0.756. The van der Waals surface area contributed by atoms with Crippen LogP contribution in [0.15, 0.2) is 4.99 Å². The van der Waals surface area contributed by atoms with E-state index in [1.807, 2.05) is 0 Å². The summed E-state index contributed by atoms with van der Waals surface area (Å²) in [6.45, 7) is 2.91. The van der Waals surface area contributed by atoms with Gasteiger partial charge in [0.15, 0.2) is 0 Å². The third kappa shape index (κ3) is 1.60. The zero-order valence-corrected chi connectivity index (χ0v) is 3.35. The molecule has 0 aliphatic rings. The lowest BCUT2D eigenvalue weighted by molar-refractivity contribution is -0.116. The van der Waals surface area contributed by atoms with E-state index < -0.39 is 0 Å². The van der Waals surface area contributed by atoms with Crippen molar-refractivity contribution >= 4 is 12.6 Å². The monoisotopic (exact) mass is 86.0 g/mol. The van der Waals surface area contributed by atoms with Crippen LogP contribution in [0.3, 0.4) is 0 Å². The molecule has 1 amide bonds. The van der Waals surface area contributed by atoms with Gasteiger partial charge >= 0.3 is 0 Å². The Morgan fingerprint density at radius 3 is 2.50 bits per heavy atom. The number of amides is 1. The van der Waals surface area contributed by atoms with Gasteiger partial charge in [-0.25, -0.2) is 4.99 Å². The molecule has 0 aromatic heterocycles. The van der Waals surface area contributed by atoms with Gasteiger partial charge < -0.3 is 5.73 Å². The molecule has 0 atom stereocenters. The van der Waals surface area contributed by atoms with Crippen molar-refractivity contribution in [2.24, 2.45) is 10.7 Å². The molecule has 0 rings (SSSR count). The average molecular weight is 86.1 g/mol. The van der Waals surface area contributed by atoms with Gasteiger partial charge in [-0.3, -0.25) is 4.79 Å². The van der Waals surface area contributed by atoms with E-state index in [0.717, 1.165) is 0 Å². The van der Waals surface area contributed by atoms with E-state index in [0.29, 0.717) is 0 Å². The zero-order valence-electron chi connectivity index (χ0n) is 3.35. The Kier molecular flexibility index (Phi) is 2.24. The normalized spacial score (nSPS) is 7.50. The lowest BCUT2D eigenvalue weighted by atomic mass is 10.6. The second-order valence-corrected chi connectivity index (χ2v) is 0.756. The largest absolute Gasteiger partial charge is 0.322 e. The first-order valence-electron chi connectivity index (χ1n) is 1.51. The van der Waals surface area contributed by atoms with Crippen LogP contribution in [0.25, 0.3) is 0 Å². The first kappa shape index (κ1) is 5.30. The molecule has 0 fully saturated rings. The van der Waals surface area contributed by atoms with E-state index in [-0.39, 0.29) is 12.5 Å². The summed E-state index contributed by atoms with van der Waals surface area (Å²) in [5.74, 6) is -0.366. The molecule has 0 saturated heterocycles. The van der Waals surface area contributed by atoms with Crippen LogP contribution in [-0.4, -0.2) is 19.2 Å². The summed E-state index contributed by atoms with van der Waals surface area (Å²) in [6, 6.07) is 0. The number of rotatable bonds is 1. The number of nitrogens with zero attached hydrogens (tertiary/aromatic N) is 1. The van der Waals surface area contributed by atoms with Crippen LogP contribution in [-0.2, 0) is 4.79 Å². The minimum atomic E-state index is -0.366. The molecule has 0 aromatic carbocycles. The molecule has 3 heteroatoms. The molecule has 0 radical (unpaired) electrons. The summed E-state index contributed by atoms with van der Waals surface area (Å²) in [4.78, 5) is 12.8. The van der Waals surface area contributed by atoms with Crippen LogP contribution >= 0.6 is 0 Å². The fourth-order valence-electron chi connectivity index (χ4n) is 0.0645. The summed E-state index contributed by atoms with van der Waals surface area (Å²) in [7, 11) is 0. The molecule has 34 valence electrons. The SMILES string of the molecule is C=NC(=O)CN. The minimum absolute atomic E-state index is 0.0382. The quantitative estimate of drug-likeness (QED) is 0.423. The standard InChI is InChI=1S/C3H6N2O/c1-5-3(6)2-4/h1-2,4H2. The van der Waals surface area contributed by atoms with E-state index >= 15 is 0 Å². The molecule has 0 unspecified atom stereocenters. The minimum Gasteiger partial charge on any atom is -0.322 e. The molecule has 0 heterocycles. The van der Waals surface area contributed by atoms with E-state index in [4.69, 9.17) is 5.73 Å². The number of nitrogens with two attached hydrogens (primary N) is 1. The van der Waals surface area contributed by atoms with Crippen LogP contribution in [0, 0.1) is 0 Å².